The van der Waals surface area contributed by atoms with E-state index in [2.05, 4.69) is 15.5 Å². The second kappa shape index (κ2) is 10.4. The van der Waals surface area contributed by atoms with Crippen LogP contribution in [0.4, 0.5) is 14.9 Å². The number of carbonyl (C=O) groups is 1. The minimum Gasteiger partial charge on any atom is -0.328 e. The second-order valence-electron chi connectivity index (χ2n) is 7.52. The molecule has 0 bridgehead atoms. The van der Waals surface area contributed by atoms with E-state index in [1.807, 2.05) is 6.07 Å². The van der Waals surface area contributed by atoms with E-state index in [1.165, 1.54) is 30.3 Å². The van der Waals surface area contributed by atoms with Gasteiger partial charge in [-0.1, -0.05) is 12.5 Å². The molecule has 32 heavy (non-hydrogen) atoms. The predicted octanol–water partition coefficient (Wildman–Crippen LogP) is 3.74. The van der Waals surface area contributed by atoms with Crippen molar-refractivity contribution in [2.45, 2.75) is 30.6 Å². The van der Waals surface area contributed by atoms with Crippen LogP contribution in [0.5, 0.6) is 0 Å². The molecule has 1 heterocycles. The van der Waals surface area contributed by atoms with Crippen LogP contribution >= 0.6 is 0 Å². The van der Waals surface area contributed by atoms with Gasteiger partial charge >= 0.3 is 6.03 Å². The number of hydrogen-bond acceptors (Lipinski definition) is 4. The highest BCUT2D eigenvalue weighted by Crippen LogP contribution is 2.19. The Morgan fingerprint density at radius 2 is 1.88 bits per heavy atom. The summed E-state index contributed by atoms with van der Waals surface area (Å²) in [7, 11) is -2.14. The third kappa shape index (κ3) is 6.63. The number of nitrogens with two attached hydrogens (primary N) is 1. The maximum atomic E-state index is 13.0. The number of rotatable bonds is 9. The Hall–Kier alpha value is -3.24. The lowest BCUT2D eigenvalue weighted by molar-refractivity contribution is 0.221. The molecule has 0 aliphatic carbocycles. The summed E-state index contributed by atoms with van der Waals surface area (Å²) in [6.07, 6.45) is 3.49. The van der Waals surface area contributed by atoms with Crippen molar-refractivity contribution in [2.24, 2.45) is 5.14 Å². The first kappa shape index (κ1) is 23.4. The van der Waals surface area contributed by atoms with Crippen molar-refractivity contribution < 1.29 is 17.6 Å². The summed E-state index contributed by atoms with van der Waals surface area (Å²) in [5.74, 6) is -0.278. The zero-order chi connectivity index (χ0) is 23.1. The van der Waals surface area contributed by atoms with E-state index >= 15 is 0 Å². The monoisotopic (exact) mass is 459 g/mol. The summed E-state index contributed by atoms with van der Waals surface area (Å²) in [6.45, 7) is 0.560. The van der Waals surface area contributed by atoms with Crippen LogP contribution in [0, 0.1) is 5.82 Å². The Morgan fingerprint density at radius 3 is 2.59 bits per heavy atom. The average molecular weight is 460 g/mol. The van der Waals surface area contributed by atoms with Crippen LogP contribution in [-0.4, -0.2) is 43.1 Å². The molecule has 1 aromatic heterocycles. The second-order valence-corrected chi connectivity index (χ2v) is 9.08. The molecule has 2 amide bonds. The highest BCUT2D eigenvalue weighted by molar-refractivity contribution is 7.89. The SMILES string of the molecule is CN(CCCCCc1cc(-c2ccc(F)cc2)n[nH]1)C(=O)Nc1cccc(S(N)(=O)=O)c1. The van der Waals surface area contributed by atoms with Crippen molar-refractivity contribution >= 4 is 21.7 Å². The Balaban J connectivity index is 1.39. The van der Waals surface area contributed by atoms with E-state index in [4.69, 9.17) is 5.14 Å². The van der Waals surface area contributed by atoms with Crippen LogP contribution in [0.3, 0.4) is 0 Å². The maximum Gasteiger partial charge on any atom is 0.321 e. The number of aromatic nitrogens is 2. The minimum absolute atomic E-state index is 0.0562. The fraction of sp³-hybridized carbons (Fsp3) is 0.273. The largest absolute Gasteiger partial charge is 0.328 e. The number of aromatic amines is 1. The van der Waals surface area contributed by atoms with Crippen molar-refractivity contribution in [2.75, 3.05) is 18.9 Å². The number of nitrogens with zero attached hydrogens (tertiary/aromatic N) is 2. The Morgan fingerprint density at radius 1 is 1.12 bits per heavy atom. The fourth-order valence-corrected chi connectivity index (χ4v) is 3.73. The number of benzene rings is 2. The minimum atomic E-state index is -3.83. The lowest BCUT2D eigenvalue weighted by atomic mass is 10.1. The van der Waals surface area contributed by atoms with Crippen LogP contribution in [-0.2, 0) is 16.4 Å². The number of hydrogen-bond donors (Lipinski definition) is 3. The molecule has 3 rings (SSSR count). The normalized spacial score (nSPS) is 11.3. The molecule has 4 N–H and O–H groups in total. The number of unbranched alkanes of at least 4 members (excludes halogenated alkanes) is 2. The summed E-state index contributed by atoms with van der Waals surface area (Å²) >= 11 is 0. The van der Waals surface area contributed by atoms with Crippen LogP contribution in [0.2, 0.25) is 0 Å². The van der Waals surface area contributed by atoms with Crippen molar-refractivity contribution in [3.05, 3.63) is 66.1 Å². The molecule has 0 saturated heterocycles. The molecule has 0 spiro atoms. The highest BCUT2D eigenvalue weighted by Gasteiger charge is 2.12. The van der Waals surface area contributed by atoms with Gasteiger partial charge in [0.15, 0.2) is 0 Å². The summed E-state index contributed by atoms with van der Waals surface area (Å²) in [6, 6.07) is 13.7. The zero-order valence-electron chi connectivity index (χ0n) is 17.7. The topological polar surface area (TPSA) is 121 Å². The quantitative estimate of drug-likeness (QED) is 0.422. The molecule has 10 heteroatoms. The molecule has 8 nitrogen and oxygen atoms in total. The number of urea groups is 1. The van der Waals surface area contributed by atoms with E-state index in [1.54, 1.807) is 30.1 Å². The van der Waals surface area contributed by atoms with Crippen molar-refractivity contribution in [3.63, 3.8) is 0 Å². The fourth-order valence-electron chi connectivity index (χ4n) is 3.17. The molecule has 0 fully saturated rings. The molecule has 0 unspecified atom stereocenters. The van der Waals surface area contributed by atoms with Crippen molar-refractivity contribution in [1.82, 2.24) is 15.1 Å². The number of aryl methyl sites for hydroxylation is 1. The van der Waals surface area contributed by atoms with E-state index in [0.717, 1.165) is 42.6 Å². The number of sulfonamides is 1. The summed E-state index contributed by atoms with van der Waals surface area (Å²) in [5, 5.41) is 15.1. The van der Waals surface area contributed by atoms with Gasteiger partial charge in [-0.2, -0.15) is 5.10 Å². The van der Waals surface area contributed by atoms with Gasteiger partial charge in [-0.15, -0.1) is 0 Å². The Kier molecular flexibility index (Phi) is 7.60. The van der Waals surface area contributed by atoms with Crippen LogP contribution in [0.15, 0.2) is 59.5 Å². The number of anilines is 1. The number of amides is 2. The van der Waals surface area contributed by atoms with Crippen molar-refractivity contribution in [1.29, 1.82) is 0 Å². The molecule has 170 valence electrons. The molecule has 0 atom stereocenters. The number of primary sulfonamides is 1. The first-order valence-electron chi connectivity index (χ1n) is 10.2. The van der Waals surface area contributed by atoms with Crippen molar-refractivity contribution in [3.8, 4) is 11.3 Å². The highest BCUT2D eigenvalue weighted by atomic mass is 32.2. The van der Waals surface area contributed by atoms with Gasteiger partial charge in [-0.05, 0) is 67.8 Å². The molecule has 0 radical (unpaired) electrons. The van der Waals surface area contributed by atoms with Gasteiger partial charge in [0.1, 0.15) is 5.82 Å². The van der Waals surface area contributed by atoms with Gasteiger partial charge in [-0.25, -0.2) is 22.7 Å². The van der Waals surface area contributed by atoms with E-state index in [-0.39, 0.29) is 16.7 Å². The molecular weight excluding hydrogens is 433 g/mol. The number of halogens is 1. The van der Waals surface area contributed by atoms with E-state index < -0.39 is 10.0 Å². The smallest absolute Gasteiger partial charge is 0.321 e. The molecule has 0 aliphatic heterocycles. The standard InChI is InChI=1S/C22H26FN5O3S/c1-28(22(29)25-18-7-5-8-20(14-18)32(24,30)31)13-4-2-3-6-19-15-21(27-26-19)16-9-11-17(23)12-10-16/h5,7-12,14-15H,2-4,6,13H2,1H3,(H,25,29)(H,26,27)(H2,24,30,31). The number of H-pyrrole nitrogens is 1. The molecular formula is C22H26FN5O3S. The van der Waals surface area contributed by atoms with Gasteiger partial charge in [0.05, 0.1) is 10.6 Å². The molecule has 0 aliphatic rings. The Bertz CT molecular complexity index is 1160. The number of carbonyl (C=O) groups excluding carboxylic acids is 1. The van der Waals surface area contributed by atoms with Gasteiger partial charge in [-0.3, -0.25) is 5.10 Å². The number of nitrogens with one attached hydrogen (secondary N) is 2. The van der Waals surface area contributed by atoms with Crippen LogP contribution in [0.25, 0.3) is 11.3 Å². The van der Waals surface area contributed by atoms with Crippen LogP contribution < -0.4 is 10.5 Å². The summed E-state index contributed by atoms with van der Waals surface area (Å²) < 4.78 is 35.9. The molecule has 3 aromatic rings. The lowest BCUT2D eigenvalue weighted by Gasteiger charge is -2.18. The predicted molar refractivity (Wildman–Crippen MR) is 121 cm³/mol. The third-order valence-electron chi connectivity index (χ3n) is 4.97. The first-order valence-corrected chi connectivity index (χ1v) is 11.7. The molecule has 0 saturated carbocycles. The van der Waals surface area contributed by atoms with Gasteiger partial charge < -0.3 is 10.2 Å². The average Bonchev–Trinajstić information content (AvgIpc) is 3.22. The summed E-state index contributed by atoms with van der Waals surface area (Å²) in [4.78, 5) is 13.8. The van der Waals surface area contributed by atoms with Gasteiger partial charge in [0, 0.05) is 30.5 Å². The van der Waals surface area contributed by atoms with E-state index in [9.17, 15) is 17.6 Å². The van der Waals surface area contributed by atoms with Gasteiger partial charge in [0.25, 0.3) is 0 Å². The Labute approximate surface area is 186 Å². The lowest BCUT2D eigenvalue weighted by Crippen LogP contribution is -2.32. The van der Waals surface area contributed by atoms with Crippen LogP contribution in [0.1, 0.15) is 25.0 Å². The maximum absolute atomic E-state index is 13.0. The zero-order valence-corrected chi connectivity index (χ0v) is 18.5. The van der Waals surface area contributed by atoms with E-state index in [0.29, 0.717) is 12.2 Å². The van der Waals surface area contributed by atoms with Gasteiger partial charge in [0.2, 0.25) is 10.0 Å². The first-order chi connectivity index (χ1) is 15.2. The molecule has 2 aromatic carbocycles. The third-order valence-corrected chi connectivity index (χ3v) is 5.88. The summed E-state index contributed by atoms with van der Waals surface area (Å²) in [5.41, 5.74) is 3.01.